The molecule has 3 rings (SSSR count). The van der Waals surface area contributed by atoms with Crippen LogP contribution in [0.2, 0.25) is 0 Å². The summed E-state index contributed by atoms with van der Waals surface area (Å²) in [5.41, 5.74) is 1.23. The molecular formula is C17H21N3O4. The third-order valence-corrected chi connectivity index (χ3v) is 4.28. The fraction of sp³-hybridized carbons (Fsp3) is 0.412. The Morgan fingerprint density at radius 1 is 1.29 bits per heavy atom. The van der Waals surface area contributed by atoms with Gasteiger partial charge in [-0.2, -0.15) is 5.10 Å². The summed E-state index contributed by atoms with van der Waals surface area (Å²) in [6.45, 7) is 0.277. The molecule has 1 aromatic carbocycles. The van der Waals surface area contributed by atoms with Crippen molar-refractivity contribution in [1.82, 2.24) is 14.7 Å². The maximum Gasteiger partial charge on any atom is 0.275 e. The zero-order valence-corrected chi connectivity index (χ0v) is 14.0. The normalized spacial score (nSPS) is 20.2. The van der Waals surface area contributed by atoms with Crippen molar-refractivity contribution in [3.8, 4) is 11.6 Å². The Kier molecular flexibility index (Phi) is 4.44. The van der Waals surface area contributed by atoms with Crippen molar-refractivity contribution >= 4 is 5.91 Å². The lowest BCUT2D eigenvalue weighted by molar-refractivity contribution is 0.0709. The first kappa shape index (κ1) is 16.3. The quantitative estimate of drug-likeness (QED) is 0.916. The molecule has 0 radical (unpaired) electrons. The van der Waals surface area contributed by atoms with Crippen LogP contribution in [-0.2, 0) is 7.05 Å². The predicted octanol–water partition coefficient (Wildman–Crippen LogP) is 1.39. The molecule has 24 heavy (non-hydrogen) atoms. The summed E-state index contributed by atoms with van der Waals surface area (Å²) in [6, 6.07) is 8.95. The topological polar surface area (TPSA) is 76.8 Å². The van der Waals surface area contributed by atoms with Gasteiger partial charge in [0.2, 0.25) is 5.88 Å². The Balaban J connectivity index is 1.90. The van der Waals surface area contributed by atoms with Crippen molar-refractivity contribution in [3.05, 3.63) is 41.6 Å². The maximum atomic E-state index is 12.9. The number of methoxy groups -OCH3 is 2. The van der Waals surface area contributed by atoms with Crippen molar-refractivity contribution in [2.45, 2.75) is 18.6 Å². The van der Waals surface area contributed by atoms with E-state index in [1.54, 1.807) is 25.1 Å². The number of hydrogen-bond donors (Lipinski definition) is 1. The molecule has 1 amide bonds. The summed E-state index contributed by atoms with van der Waals surface area (Å²) < 4.78 is 11.9. The molecule has 0 bridgehead atoms. The number of aromatic nitrogens is 2. The molecule has 2 heterocycles. The molecule has 7 nitrogen and oxygen atoms in total. The van der Waals surface area contributed by atoms with Crippen LogP contribution >= 0.6 is 0 Å². The summed E-state index contributed by atoms with van der Waals surface area (Å²) in [7, 11) is 4.85. The number of nitrogens with zero attached hydrogens (tertiary/aromatic N) is 3. The van der Waals surface area contributed by atoms with E-state index in [1.165, 1.54) is 11.8 Å². The van der Waals surface area contributed by atoms with Crippen LogP contribution in [0.15, 0.2) is 30.3 Å². The number of aliphatic hydroxyl groups is 1. The second-order valence-electron chi connectivity index (χ2n) is 5.83. The molecule has 0 saturated carbocycles. The van der Waals surface area contributed by atoms with E-state index < -0.39 is 6.10 Å². The maximum absolute atomic E-state index is 12.9. The first-order valence-corrected chi connectivity index (χ1v) is 7.74. The van der Waals surface area contributed by atoms with Crippen molar-refractivity contribution < 1.29 is 19.4 Å². The average Bonchev–Trinajstić information content (AvgIpc) is 3.17. The third kappa shape index (κ3) is 2.94. The number of hydrogen-bond acceptors (Lipinski definition) is 5. The standard InChI is InChI=1S/C17H21N3O4/c1-19-16(24-3)9-14(18-19)17(22)20-10-12(21)8-15(20)11-5-4-6-13(7-11)23-2/h4-7,9,12,15,21H,8,10H2,1-3H3/t12-,15-/m1/s1. The second-order valence-corrected chi connectivity index (χ2v) is 5.83. The summed E-state index contributed by atoms with van der Waals surface area (Å²) >= 11 is 0. The third-order valence-electron chi connectivity index (χ3n) is 4.28. The molecule has 0 unspecified atom stereocenters. The summed E-state index contributed by atoms with van der Waals surface area (Å²) in [4.78, 5) is 14.5. The Morgan fingerprint density at radius 2 is 2.08 bits per heavy atom. The number of benzene rings is 1. The number of carbonyl (C=O) groups excluding carboxylic acids is 1. The van der Waals surface area contributed by atoms with E-state index in [4.69, 9.17) is 9.47 Å². The first-order valence-electron chi connectivity index (χ1n) is 7.74. The molecule has 1 aliphatic heterocycles. The second kappa shape index (κ2) is 6.52. The van der Waals surface area contributed by atoms with E-state index in [2.05, 4.69) is 5.10 Å². The first-order chi connectivity index (χ1) is 11.5. The minimum Gasteiger partial charge on any atom is -0.497 e. The number of rotatable bonds is 4. The average molecular weight is 331 g/mol. The van der Waals surface area contributed by atoms with E-state index in [0.29, 0.717) is 18.0 Å². The van der Waals surface area contributed by atoms with Gasteiger partial charge in [0.1, 0.15) is 5.75 Å². The highest BCUT2D eigenvalue weighted by Crippen LogP contribution is 2.34. The van der Waals surface area contributed by atoms with Crippen LogP contribution in [0.25, 0.3) is 0 Å². The highest BCUT2D eigenvalue weighted by molar-refractivity contribution is 5.93. The molecular weight excluding hydrogens is 310 g/mol. The molecule has 128 valence electrons. The summed E-state index contributed by atoms with van der Waals surface area (Å²) in [5, 5.41) is 14.3. The number of aryl methyl sites for hydroxylation is 1. The molecule has 1 saturated heterocycles. The van der Waals surface area contributed by atoms with E-state index >= 15 is 0 Å². The van der Waals surface area contributed by atoms with Crippen molar-refractivity contribution in [2.24, 2.45) is 7.05 Å². The molecule has 1 aliphatic rings. The number of β-amino-alcohol motifs (C(OH)–C–C–N with tert-alkyl or cyclic N) is 1. The number of carbonyl (C=O) groups is 1. The van der Waals surface area contributed by atoms with E-state index in [9.17, 15) is 9.90 Å². The van der Waals surface area contributed by atoms with E-state index in [1.807, 2.05) is 24.3 Å². The minimum atomic E-state index is -0.559. The van der Waals surface area contributed by atoms with Crippen molar-refractivity contribution in [1.29, 1.82) is 0 Å². The van der Waals surface area contributed by atoms with Gasteiger partial charge in [0.05, 0.1) is 26.4 Å². The Morgan fingerprint density at radius 3 is 2.75 bits per heavy atom. The number of ether oxygens (including phenoxy) is 2. The van der Waals surface area contributed by atoms with Crippen LogP contribution in [0.1, 0.15) is 28.5 Å². The zero-order chi connectivity index (χ0) is 17.3. The van der Waals surface area contributed by atoms with Crippen LogP contribution in [0.5, 0.6) is 11.6 Å². The number of likely N-dealkylation sites (tertiary alicyclic amines) is 1. The molecule has 2 aromatic rings. The van der Waals surface area contributed by atoms with Crippen molar-refractivity contribution in [2.75, 3.05) is 20.8 Å². The molecule has 2 atom stereocenters. The van der Waals surface area contributed by atoms with Crippen molar-refractivity contribution in [3.63, 3.8) is 0 Å². The summed E-state index contributed by atoms with van der Waals surface area (Å²) in [5.74, 6) is 1.01. The predicted molar refractivity (Wildman–Crippen MR) is 87.2 cm³/mol. The molecule has 1 aromatic heterocycles. The molecule has 0 spiro atoms. The van der Waals surface area contributed by atoms with Crippen LogP contribution in [0, 0.1) is 0 Å². The number of amides is 1. The van der Waals surface area contributed by atoms with Gasteiger partial charge in [0.15, 0.2) is 5.69 Å². The van der Waals surface area contributed by atoms with Gasteiger partial charge in [0.25, 0.3) is 5.91 Å². The Hall–Kier alpha value is -2.54. The van der Waals surface area contributed by atoms with Crippen LogP contribution in [-0.4, -0.2) is 52.6 Å². The van der Waals surface area contributed by atoms with Gasteiger partial charge in [-0.05, 0) is 24.1 Å². The lowest BCUT2D eigenvalue weighted by Gasteiger charge is -2.24. The van der Waals surface area contributed by atoms with Crippen LogP contribution in [0.3, 0.4) is 0 Å². The van der Waals surface area contributed by atoms with Gasteiger partial charge in [-0.1, -0.05) is 12.1 Å². The lowest BCUT2D eigenvalue weighted by Crippen LogP contribution is -2.32. The monoisotopic (exact) mass is 331 g/mol. The fourth-order valence-corrected chi connectivity index (χ4v) is 3.10. The van der Waals surface area contributed by atoms with Crippen LogP contribution in [0.4, 0.5) is 0 Å². The largest absolute Gasteiger partial charge is 0.497 e. The minimum absolute atomic E-state index is 0.212. The van der Waals surface area contributed by atoms with Gasteiger partial charge in [-0.15, -0.1) is 0 Å². The summed E-state index contributed by atoms with van der Waals surface area (Å²) in [6.07, 6.45) is -0.0705. The zero-order valence-electron chi connectivity index (χ0n) is 14.0. The molecule has 7 heteroatoms. The highest BCUT2D eigenvalue weighted by atomic mass is 16.5. The lowest BCUT2D eigenvalue weighted by atomic mass is 10.0. The number of aliphatic hydroxyl groups excluding tert-OH is 1. The molecule has 0 aliphatic carbocycles. The van der Waals surface area contributed by atoms with Gasteiger partial charge >= 0.3 is 0 Å². The smallest absolute Gasteiger partial charge is 0.275 e. The molecule has 1 fully saturated rings. The SMILES string of the molecule is COc1cccc([C@H]2C[C@@H](O)CN2C(=O)c2cc(OC)n(C)n2)c1. The van der Waals surface area contributed by atoms with Gasteiger partial charge in [-0.3, -0.25) is 4.79 Å². The van der Waals surface area contributed by atoms with Crippen LogP contribution < -0.4 is 9.47 Å². The molecule has 1 N–H and O–H groups in total. The van der Waals surface area contributed by atoms with E-state index in [0.717, 1.165) is 11.3 Å². The Labute approximate surface area is 140 Å². The Bertz CT molecular complexity index is 743. The van der Waals surface area contributed by atoms with E-state index in [-0.39, 0.29) is 18.5 Å². The van der Waals surface area contributed by atoms with Gasteiger partial charge in [-0.25, -0.2) is 4.68 Å². The van der Waals surface area contributed by atoms with Gasteiger partial charge < -0.3 is 19.5 Å². The highest BCUT2D eigenvalue weighted by Gasteiger charge is 2.37. The van der Waals surface area contributed by atoms with Gasteiger partial charge in [0, 0.05) is 19.7 Å². The fourth-order valence-electron chi connectivity index (χ4n) is 3.10.